The molecule has 0 saturated carbocycles. The fourth-order valence-corrected chi connectivity index (χ4v) is 15.1. The second-order valence-electron chi connectivity index (χ2n) is 35.3. The van der Waals surface area contributed by atoms with Gasteiger partial charge >= 0.3 is 0 Å². The largest absolute Gasteiger partial charge is 0.398 e. The molecule has 0 aliphatic heterocycles. The molecule has 10 heterocycles. The predicted octanol–water partition coefficient (Wildman–Crippen LogP) is 22.3. The second kappa shape index (κ2) is 33.6. The van der Waals surface area contributed by atoms with Gasteiger partial charge in [0.15, 0.2) is 34.0 Å². The first-order valence-corrected chi connectivity index (χ1v) is 41.0. The molecular weight excluding hydrogens is 1520 g/mol. The van der Waals surface area contributed by atoms with Crippen LogP contribution in [0.25, 0.3) is 122 Å². The highest BCUT2D eigenvalue weighted by Crippen LogP contribution is 2.41. The standard InChI is InChI=1S/C25H26N4O.C21H22N4.C20H20N4.C17H20N4.C16H17ClN4/c1-17-9-11-19(12-10-17)23-22-20(26)14-16-27-24(22)29(28-23)25(2,3)15-13-21(30)18-7-5-4-6-8-18;1-21(2,3)25-20-19(17(22)11-12-23-20)18(24-25)13-15-9-6-8-14-7-4-5-10-16(14)15;1-20(2,3)24-19-17(16(21)11-12-22-19)18(23-24)15-10-6-8-13-7-4-5-9-14(13)15;1-11-5-7-12(8-6-11)15-14-13(18)9-10-19-16(14)21(20-15)17(2,3)4;1-16(2,3)21-15-13(12(18)8-9-19-15)14(20-21)10-4-6-11(17)7-5-10/h4-12,14,16H,13,15H2,1-3H3,(H2,26,27);4-12H,13H2,1-3H3,(H2,22,23);4-12H,1-3H3,(H2,21,22);5-10H,1-4H3,(H2,18,19);4-9H,1-3H3,(H2,18,19). The third-order valence-electron chi connectivity index (χ3n) is 21.3. The summed E-state index contributed by atoms with van der Waals surface area (Å²) >= 11 is 5.96. The molecule has 0 radical (unpaired) electrons. The van der Waals surface area contributed by atoms with E-state index < -0.39 is 5.54 Å². The number of carbonyl (C=O) groups excluding carboxylic acids is 1. The zero-order chi connectivity index (χ0) is 86.2. The lowest BCUT2D eigenvalue weighted by Gasteiger charge is -2.25. The molecule has 0 fully saturated rings. The number of nitrogen functional groups attached to an aromatic ring is 5. The minimum atomic E-state index is -0.410. The number of nitrogens with two attached hydrogens (primary N) is 5. The van der Waals surface area contributed by atoms with Crippen LogP contribution in [-0.2, 0) is 34.1 Å². The van der Waals surface area contributed by atoms with Crippen LogP contribution >= 0.6 is 11.6 Å². The van der Waals surface area contributed by atoms with Crippen LogP contribution in [-0.4, -0.2) is 79.6 Å². The summed E-state index contributed by atoms with van der Waals surface area (Å²) in [4.78, 5) is 35.3. The van der Waals surface area contributed by atoms with Crippen molar-refractivity contribution in [1.29, 1.82) is 0 Å². The van der Waals surface area contributed by atoms with Crippen molar-refractivity contribution < 1.29 is 4.79 Å². The van der Waals surface area contributed by atoms with Crippen molar-refractivity contribution in [3.63, 3.8) is 0 Å². The van der Waals surface area contributed by atoms with Crippen molar-refractivity contribution in [1.82, 2.24) is 73.8 Å². The molecule has 18 rings (SSSR count). The number of ketones is 1. The highest BCUT2D eigenvalue weighted by molar-refractivity contribution is 6.30. The Morgan fingerprint density at radius 1 is 0.339 bits per heavy atom. The smallest absolute Gasteiger partial charge is 0.162 e. The monoisotopic (exact) mass is 1620 g/mol. The molecule has 22 heteroatoms. The van der Waals surface area contributed by atoms with E-state index >= 15 is 0 Å². The Balaban J connectivity index is 0.000000124. The second-order valence-corrected chi connectivity index (χ2v) is 35.7. The van der Waals surface area contributed by atoms with Crippen LogP contribution in [0.3, 0.4) is 0 Å². The maximum atomic E-state index is 12.6. The average Bonchev–Trinajstić information content (AvgIpc) is 1.62. The fraction of sp³-hybridized carbons (Fsp3) is 0.242. The molecule has 10 N–H and O–H groups in total. The molecule has 0 saturated heterocycles. The number of anilines is 5. The molecule has 18 aromatic rings. The van der Waals surface area contributed by atoms with E-state index in [1.54, 1.807) is 43.1 Å². The maximum Gasteiger partial charge on any atom is 0.162 e. The number of aryl methyl sites for hydroxylation is 2. The number of nitrogens with zero attached hydrogens (tertiary/aromatic N) is 15. The number of hydrogen-bond acceptors (Lipinski definition) is 16. The van der Waals surface area contributed by atoms with Crippen molar-refractivity contribution in [3.05, 3.63) is 282 Å². The lowest BCUT2D eigenvalue weighted by Crippen LogP contribution is -2.28. The predicted molar refractivity (Wildman–Crippen MR) is 500 cm³/mol. The van der Waals surface area contributed by atoms with Gasteiger partial charge in [0.05, 0.1) is 60.3 Å². The van der Waals surface area contributed by atoms with E-state index in [1.807, 2.05) is 102 Å². The molecule has 8 aromatic carbocycles. The van der Waals surface area contributed by atoms with Crippen molar-refractivity contribution in [2.75, 3.05) is 28.7 Å². The molecule has 121 heavy (non-hydrogen) atoms. The van der Waals surface area contributed by atoms with Gasteiger partial charge in [-0.3, -0.25) is 4.79 Å². The van der Waals surface area contributed by atoms with E-state index in [4.69, 9.17) is 65.8 Å². The summed E-state index contributed by atoms with van der Waals surface area (Å²) in [6, 6.07) is 72.2. The Labute approximate surface area is 710 Å². The van der Waals surface area contributed by atoms with E-state index in [1.165, 1.54) is 38.2 Å². The Hall–Kier alpha value is -13.7. The van der Waals surface area contributed by atoms with Gasteiger partial charge in [0.25, 0.3) is 0 Å². The van der Waals surface area contributed by atoms with Gasteiger partial charge in [-0.05, 0) is 187 Å². The van der Waals surface area contributed by atoms with Crippen LogP contribution in [0, 0.1) is 13.8 Å². The Morgan fingerprint density at radius 3 is 1.11 bits per heavy atom. The van der Waals surface area contributed by atoms with Gasteiger partial charge in [-0.2, -0.15) is 25.5 Å². The molecule has 0 aliphatic rings. The number of rotatable bonds is 11. The van der Waals surface area contributed by atoms with Gasteiger partial charge in [0.2, 0.25) is 0 Å². The highest BCUT2D eigenvalue weighted by Gasteiger charge is 2.31. The van der Waals surface area contributed by atoms with Gasteiger partial charge in [0.1, 0.15) is 22.8 Å². The molecule has 0 amide bonds. The fourth-order valence-electron chi connectivity index (χ4n) is 15.0. The molecular formula is C99H105ClN20O. The number of aromatic nitrogens is 15. The third-order valence-corrected chi connectivity index (χ3v) is 21.6. The average molecular weight is 1630 g/mol. The van der Waals surface area contributed by atoms with Crippen molar-refractivity contribution >= 4 is 123 Å². The van der Waals surface area contributed by atoms with E-state index in [2.05, 4.69) is 263 Å². The van der Waals surface area contributed by atoms with Crippen LogP contribution in [0.15, 0.2) is 249 Å². The van der Waals surface area contributed by atoms with E-state index in [9.17, 15) is 4.79 Å². The Bertz CT molecular complexity index is 6660. The summed E-state index contributed by atoms with van der Waals surface area (Å²) in [5.41, 5.74) is 50.7. The van der Waals surface area contributed by atoms with Gasteiger partial charge in [-0.15, -0.1) is 0 Å². The normalized spacial score (nSPS) is 12.0. The number of hydrogen-bond donors (Lipinski definition) is 5. The summed E-state index contributed by atoms with van der Waals surface area (Å²) in [6.07, 6.45) is 10.5. The molecule has 614 valence electrons. The molecule has 21 nitrogen and oxygen atoms in total. The summed E-state index contributed by atoms with van der Waals surface area (Å²) in [5.74, 6) is 0.131. The van der Waals surface area contributed by atoms with Crippen LogP contribution < -0.4 is 28.7 Å². The van der Waals surface area contributed by atoms with Crippen LogP contribution in [0.2, 0.25) is 5.02 Å². The first-order valence-electron chi connectivity index (χ1n) is 40.6. The molecule has 0 spiro atoms. The van der Waals surface area contributed by atoms with Gasteiger partial charge < -0.3 is 28.7 Å². The first kappa shape index (κ1) is 83.8. The van der Waals surface area contributed by atoms with Crippen LogP contribution in [0.5, 0.6) is 0 Å². The topological polar surface area (TPSA) is 301 Å². The van der Waals surface area contributed by atoms with Gasteiger partial charge in [-0.25, -0.2) is 48.3 Å². The minimum absolute atomic E-state index is 0.131. The zero-order valence-electron chi connectivity index (χ0n) is 71.7. The van der Waals surface area contributed by atoms with E-state index in [-0.39, 0.29) is 27.9 Å². The Kier molecular flexibility index (Phi) is 23.3. The van der Waals surface area contributed by atoms with Crippen molar-refractivity contribution in [2.45, 2.75) is 158 Å². The van der Waals surface area contributed by atoms with E-state index in [0.717, 1.165) is 124 Å². The first-order chi connectivity index (χ1) is 57.5. The summed E-state index contributed by atoms with van der Waals surface area (Å²) < 4.78 is 9.75. The SMILES string of the molecule is CC(C)(C)n1nc(-c2ccc(Cl)cc2)c2c(N)ccnc21.CC(C)(C)n1nc(-c2cccc3ccccc23)c2c(N)ccnc21.CC(C)(C)n1nc(Cc2cccc3ccccc23)c2c(N)ccnc21.Cc1ccc(-c2nn(C(C)(C)C)c3nccc(N)c23)cc1.Cc1ccc(-c2nn(C(C)(C)CCC(=O)c3ccccc3)c3nccc(N)c23)cc1. The summed E-state index contributed by atoms with van der Waals surface area (Å²) in [6.45, 7) is 33.7. The molecule has 0 unspecified atom stereocenters. The summed E-state index contributed by atoms with van der Waals surface area (Å²) in [7, 11) is 0. The van der Waals surface area contributed by atoms with Crippen molar-refractivity contribution in [3.8, 4) is 45.0 Å². The highest BCUT2D eigenvalue weighted by atomic mass is 35.5. The van der Waals surface area contributed by atoms with Crippen molar-refractivity contribution in [2.24, 2.45) is 0 Å². The molecule has 0 aliphatic carbocycles. The van der Waals surface area contributed by atoms with Gasteiger partial charge in [0, 0.05) is 105 Å². The van der Waals surface area contributed by atoms with Gasteiger partial charge in [-0.1, -0.05) is 199 Å². The number of pyridine rings is 5. The van der Waals surface area contributed by atoms with Crippen LogP contribution in [0.4, 0.5) is 28.4 Å². The quantitative estimate of drug-likeness (QED) is 0.0752. The molecule has 0 bridgehead atoms. The lowest BCUT2D eigenvalue weighted by atomic mass is 9.95. The van der Waals surface area contributed by atoms with E-state index in [0.29, 0.717) is 40.6 Å². The third kappa shape index (κ3) is 17.6. The number of benzene rings is 8. The Morgan fingerprint density at radius 2 is 0.669 bits per heavy atom. The molecule has 10 aromatic heterocycles. The van der Waals surface area contributed by atoms with Crippen LogP contribution in [0.1, 0.15) is 143 Å². The number of carbonyl (C=O) groups is 1. The summed E-state index contributed by atoms with van der Waals surface area (Å²) in [5, 5.41) is 34.4. The zero-order valence-corrected chi connectivity index (χ0v) is 72.4. The number of halogens is 1. The number of Topliss-reactive ketones (excluding diaryl/α,β-unsaturated/α-hetero) is 1. The minimum Gasteiger partial charge on any atom is -0.398 e. The number of fused-ring (bicyclic) bond motifs is 7. The lowest BCUT2D eigenvalue weighted by molar-refractivity contribution is 0.0963. The molecule has 0 atom stereocenters. The maximum absolute atomic E-state index is 12.6.